The Balaban J connectivity index is 0. The standard InChI is InChI=1S/C10H20O2.Co/c1-4-5-6-7-8-10(2,3)9(11)12;/h4-8H2,1-3H3,(H,11,12);. The predicted octanol–water partition coefficient (Wildman–Crippen LogP) is 3.07. The van der Waals surface area contributed by atoms with Gasteiger partial charge in [-0.2, -0.15) is 0 Å². The number of carbonyl (C=O) groups is 1. The Kier molecular flexibility index (Phi) is 8.78. The van der Waals surface area contributed by atoms with Crippen LogP contribution in [0.25, 0.3) is 0 Å². The molecule has 0 aromatic carbocycles. The van der Waals surface area contributed by atoms with Gasteiger partial charge in [-0.05, 0) is 20.3 Å². The van der Waals surface area contributed by atoms with Gasteiger partial charge in [0.1, 0.15) is 0 Å². The topological polar surface area (TPSA) is 37.3 Å². The van der Waals surface area contributed by atoms with Crippen molar-refractivity contribution in [3.63, 3.8) is 0 Å². The molecule has 0 aliphatic rings. The molecular formula is C10H20CoO2. The average Bonchev–Trinajstić information content (AvgIpc) is 1.98. The van der Waals surface area contributed by atoms with Gasteiger partial charge in [0.25, 0.3) is 0 Å². The summed E-state index contributed by atoms with van der Waals surface area (Å²) < 4.78 is 0. The SMILES string of the molecule is CCCCCCC(C)(C)C(=O)O.[Co]. The fraction of sp³-hybridized carbons (Fsp3) is 0.900. The van der Waals surface area contributed by atoms with Gasteiger partial charge in [0.2, 0.25) is 0 Å². The van der Waals surface area contributed by atoms with Gasteiger partial charge in [-0.1, -0.05) is 32.6 Å². The molecule has 81 valence electrons. The first-order valence-electron chi connectivity index (χ1n) is 4.74. The molecule has 0 aliphatic heterocycles. The molecule has 0 heterocycles. The van der Waals surface area contributed by atoms with Gasteiger partial charge < -0.3 is 5.11 Å². The number of hydrogen-bond donors (Lipinski definition) is 1. The number of hydrogen-bond acceptors (Lipinski definition) is 1. The van der Waals surface area contributed by atoms with Crippen molar-refractivity contribution < 1.29 is 26.7 Å². The maximum Gasteiger partial charge on any atom is 0.309 e. The number of unbranched alkanes of at least 4 members (excludes halogenated alkanes) is 3. The molecule has 0 atom stereocenters. The molecule has 2 nitrogen and oxygen atoms in total. The van der Waals surface area contributed by atoms with Crippen LogP contribution in [0.4, 0.5) is 0 Å². The molecule has 13 heavy (non-hydrogen) atoms. The molecule has 0 bridgehead atoms. The number of carboxylic acid groups (broad SMARTS) is 1. The van der Waals surface area contributed by atoms with Crippen LogP contribution >= 0.6 is 0 Å². The second kappa shape index (κ2) is 7.39. The minimum Gasteiger partial charge on any atom is -0.481 e. The second-order valence-electron chi connectivity index (χ2n) is 4.00. The summed E-state index contributed by atoms with van der Waals surface area (Å²) in [5.41, 5.74) is -0.534. The van der Waals surface area contributed by atoms with Crippen molar-refractivity contribution in [2.24, 2.45) is 5.41 Å². The summed E-state index contributed by atoms with van der Waals surface area (Å²) >= 11 is 0. The Bertz CT molecular complexity index is 144. The Hall–Kier alpha value is -0.0235. The van der Waals surface area contributed by atoms with E-state index in [1.54, 1.807) is 13.8 Å². The number of rotatable bonds is 6. The van der Waals surface area contributed by atoms with Gasteiger partial charge in [0, 0.05) is 16.8 Å². The van der Waals surface area contributed by atoms with Crippen LogP contribution in [0.2, 0.25) is 0 Å². The Morgan fingerprint density at radius 2 is 1.77 bits per heavy atom. The quantitative estimate of drug-likeness (QED) is 0.713. The fourth-order valence-corrected chi connectivity index (χ4v) is 1.10. The van der Waals surface area contributed by atoms with Crippen LogP contribution in [0.5, 0.6) is 0 Å². The molecule has 0 aromatic rings. The molecular weight excluding hydrogens is 211 g/mol. The molecule has 1 N–H and O–H groups in total. The first-order chi connectivity index (χ1) is 5.50. The van der Waals surface area contributed by atoms with E-state index in [1.165, 1.54) is 12.8 Å². The predicted molar refractivity (Wildman–Crippen MR) is 50.2 cm³/mol. The first-order valence-corrected chi connectivity index (χ1v) is 4.74. The van der Waals surface area contributed by atoms with E-state index < -0.39 is 11.4 Å². The van der Waals surface area contributed by atoms with E-state index in [0.29, 0.717) is 0 Å². The number of carboxylic acids is 1. The monoisotopic (exact) mass is 231 g/mol. The molecule has 0 saturated heterocycles. The van der Waals surface area contributed by atoms with Crippen LogP contribution in [0, 0.1) is 5.41 Å². The van der Waals surface area contributed by atoms with E-state index in [9.17, 15) is 4.79 Å². The molecule has 0 unspecified atom stereocenters. The minimum absolute atomic E-state index is 0. The minimum atomic E-state index is -0.681. The van der Waals surface area contributed by atoms with Gasteiger partial charge in [0.05, 0.1) is 5.41 Å². The van der Waals surface area contributed by atoms with E-state index in [0.717, 1.165) is 19.3 Å². The van der Waals surface area contributed by atoms with Gasteiger partial charge in [-0.3, -0.25) is 4.79 Å². The van der Waals surface area contributed by atoms with Crippen LogP contribution in [-0.4, -0.2) is 11.1 Å². The van der Waals surface area contributed by atoms with Crippen molar-refractivity contribution in [3.05, 3.63) is 0 Å². The molecule has 0 amide bonds. The summed E-state index contributed by atoms with van der Waals surface area (Å²) in [6, 6.07) is 0. The van der Waals surface area contributed by atoms with Gasteiger partial charge in [-0.25, -0.2) is 0 Å². The average molecular weight is 231 g/mol. The van der Waals surface area contributed by atoms with Crippen molar-refractivity contribution in [3.8, 4) is 0 Å². The molecule has 3 heteroatoms. The first kappa shape index (κ1) is 15.4. The molecule has 0 aliphatic carbocycles. The Labute approximate surface area is 91.3 Å². The van der Waals surface area contributed by atoms with Gasteiger partial charge >= 0.3 is 5.97 Å². The largest absolute Gasteiger partial charge is 0.481 e. The smallest absolute Gasteiger partial charge is 0.309 e. The molecule has 0 saturated carbocycles. The fourth-order valence-electron chi connectivity index (χ4n) is 1.10. The Morgan fingerprint density at radius 1 is 1.23 bits per heavy atom. The zero-order valence-corrected chi connectivity index (χ0v) is 9.77. The van der Waals surface area contributed by atoms with E-state index in [2.05, 4.69) is 6.92 Å². The molecule has 1 radical (unpaired) electrons. The van der Waals surface area contributed by atoms with Crippen LogP contribution in [0.3, 0.4) is 0 Å². The maximum atomic E-state index is 10.7. The van der Waals surface area contributed by atoms with Crippen LogP contribution < -0.4 is 0 Å². The summed E-state index contributed by atoms with van der Waals surface area (Å²) in [5, 5.41) is 8.80. The third-order valence-corrected chi connectivity index (χ3v) is 2.23. The summed E-state index contributed by atoms with van der Waals surface area (Å²) in [4.78, 5) is 10.7. The van der Waals surface area contributed by atoms with E-state index in [1.807, 2.05) is 0 Å². The van der Waals surface area contributed by atoms with Gasteiger partial charge in [0.15, 0.2) is 0 Å². The third-order valence-electron chi connectivity index (χ3n) is 2.23. The second-order valence-corrected chi connectivity index (χ2v) is 4.00. The summed E-state index contributed by atoms with van der Waals surface area (Å²) in [5.74, 6) is -0.681. The van der Waals surface area contributed by atoms with E-state index in [4.69, 9.17) is 5.11 Å². The van der Waals surface area contributed by atoms with Crippen molar-refractivity contribution in [1.29, 1.82) is 0 Å². The molecule has 0 aromatic heterocycles. The van der Waals surface area contributed by atoms with Crippen LogP contribution in [0.15, 0.2) is 0 Å². The van der Waals surface area contributed by atoms with E-state index >= 15 is 0 Å². The normalized spacial score (nSPS) is 10.7. The van der Waals surface area contributed by atoms with Gasteiger partial charge in [-0.15, -0.1) is 0 Å². The Morgan fingerprint density at radius 3 is 2.15 bits per heavy atom. The van der Waals surface area contributed by atoms with Crippen molar-refractivity contribution in [2.45, 2.75) is 52.9 Å². The zero-order chi connectivity index (χ0) is 9.61. The van der Waals surface area contributed by atoms with Crippen molar-refractivity contribution in [1.82, 2.24) is 0 Å². The molecule has 0 rings (SSSR count). The maximum absolute atomic E-state index is 10.7. The molecule has 0 fully saturated rings. The summed E-state index contributed by atoms with van der Waals surface area (Å²) in [7, 11) is 0. The van der Waals surface area contributed by atoms with Crippen LogP contribution in [0.1, 0.15) is 52.9 Å². The van der Waals surface area contributed by atoms with Crippen molar-refractivity contribution >= 4 is 5.97 Å². The summed E-state index contributed by atoms with van der Waals surface area (Å²) in [6.45, 7) is 5.74. The van der Waals surface area contributed by atoms with Crippen molar-refractivity contribution in [2.75, 3.05) is 0 Å². The van der Waals surface area contributed by atoms with Crippen LogP contribution in [-0.2, 0) is 21.6 Å². The zero-order valence-electron chi connectivity index (χ0n) is 8.72. The summed E-state index contributed by atoms with van der Waals surface area (Å²) in [6.07, 6.45) is 5.41. The van der Waals surface area contributed by atoms with E-state index in [-0.39, 0.29) is 16.8 Å². The third kappa shape index (κ3) is 7.08. The number of aliphatic carboxylic acids is 1. The molecule has 0 spiro atoms.